The minimum atomic E-state index is 0.273. The minimum absolute atomic E-state index is 0.273. The molecule has 1 aliphatic carbocycles. The summed E-state index contributed by atoms with van der Waals surface area (Å²) in [5.74, 6) is 0.801. The van der Waals surface area contributed by atoms with E-state index in [1.807, 2.05) is 0 Å². The van der Waals surface area contributed by atoms with Gasteiger partial charge in [-0.05, 0) is 18.8 Å². The highest BCUT2D eigenvalue weighted by molar-refractivity contribution is 4.87. The third-order valence-electron chi connectivity index (χ3n) is 2.34. The van der Waals surface area contributed by atoms with Crippen molar-refractivity contribution in [2.75, 3.05) is 0 Å². The first-order chi connectivity index (χ1) is 4.24. The number of hydrogen-bond donors (Lipinski definition) is 2. The SMILES string of the molecule is CCC1C[C@@H](N)[C@@H](N)C1. The van der Waals surface area contributed by atoms with Gasteiger partial charge in [0, 0.05) is 12.1 Å². The van der Waals surface area contributed by atoms with E-state index in [0.29, 0.717) is 0 Å². The molecule has 1 saturated carbocycles. The summed E-state index contributed by atoms with van der Waals surface area (Å²) in [7, 11) is 0. The summed E-state index contributed by atoms with van der Waals surface area (Å²) in [6, 6.07) is 0.546. The van der Waals surface area contributed by atoms with Crippen LogP contribution in [-0.2, 0) is 0 Å². The minimum Gasteiger partial charge on any atom is -0.326 e. The lowest BCUT2D eigenvalue weighted by Gasteiger charge is -2.05. The van der Waals surface area contributed by atoms with E-state index < -0.39 is 0 Å². The van der Waals surface area contributed by atoms with E-state index in [-0.39, 0.29) is 12.1 Å². The zero-order chi connectivity index (χ0) is 6.85. The van der Waals surface area contributed by atoms with Crippen molar-refractivity contribution >= 4 is 0 Å². The van der Waals surface area contributed by atoms with E-state index in [2.05, 4.69) is 6.92 Å². The van der Waals surface area contributed by atoms with Gasteiger partial charge in [-0.1, -0.05) is 13.3 Å². The average Bonchev–Trinajstić information content (AvgIpc) is 2.13. The van der Waals surface area contributed by atoms with Crippen LogP contribution in [0.5, 0.6) is 0 Å². The molecule has 0 aliphatic heterocycles. The Morgan fingerprint density at radius 1 is 1.22 bits per heavy atom. The summed E-state index contributed by atoms with van der Waals surface area (Å²) >= 11 is 0. The van der Waals surface area contributed by atoms with Gasteiger partial charge in [0.1, 0.15) is 0 Å². The molecule has 0 spiro atoms. The molecule has 0 aromatic rings. The van der Waals surface area contributed by atoms with Crippen molar-refractivity contribution in [2.24, 2.45) is 17.4 Å². The highest BCUT2D eigenvalue weighted by Crippen LogP contribution is 2.25. The summed E-state index contributed by atoms with van der Waals surface area (Å²) < 4.78 is 0. The third kappa shape index (κ3) is 1.43. The van der Waals surface area contributed by atoms with Gasteiger partial charge in [-0.25, -0.2) is 0 Å². The van der Waals surface area contributed by atoms with Crippen LogP contribution in [0.3, 0.4) is 0 Å². The normalized spacial score (nSPS) is 43.7. The van der Waals surface area contributed by atoms with Gasteiger partial charge >= 0.3 is 0 Å². The molecule has 9 heavy (non-hydrogen) atoms. The van der Waals surface area contributed by atoms with E-state index in [1.165, 1.54) is 6.42 Å². The maximum atomic E-state index is 5.72. The lowest BCUT2D eigenvalue weighted by molar-refractivity contribution is 0.517. The molecule has 4 N–H and O–H groups in total. The Bertz CT molecular complexity index is 82.9. The van der Waals surface area contributed by atoms with Gasteiger partial charge in [0.05, 0.1) is 0 Å². The molecule has 1 fully saturated rings. The zero-order valence-electron chi connectivity index (χ0n) is 6.01. The molecule has 0 aromatic heterocycles. The van der Waals surface area contributed by atoms with E-state index in [0.717, 1.165) is 18.8 Å². The van der Waals surface area contributed by atoms with E-state index >= 15 is 0 Å². The van der Waals surface area contributed by atoms with Gasteiger partial charge in [-0.3, -0.25) is 0 Å². The molecule has 54 valence electrons. The summed E-state index contributed by atoms with van der Waals surface area (Å²) in [6.07, 6.45) is 3.51. The molecule has 1 unspecified atom stereocenters. The fourth-order valence-electron chi connectivity index (χ4n) is 1.55. The second-order valence-corrected chi connectivity index (χ2v) is 3.07. The van der Waals surface area contributed by atoms with Crippen LogP contribution in [0.4, 0.5) is 0 Å². The first kappa shape index (κ1) is 7.03. The molecule has 1 rings (SSSR count). The van der Waals surface area contributed by atoms with Crippen LogP contribution in [0.1, 0.15) is 26.2 Å². The van der Waals surface area contributed by atoms with Crippen LogP contribution in [0.2, 0.25) is 0 Å². The van der Waals surface area contributed by atoms with E-state index in [1.54, 1.807) is 0 Å². The van der Waals surface area contributed by atoms with Crippen LogP contribution in [-0.4, -0.2) is 12.1 Å². The van der Waals surface area contributed by atoms with Gasteiger partial charge in [0.15, 0.2) is 0 Å². The van der Waals surface area contributed by atoms with Gasteiger partial charge < -0.3 is 11.5 Å². The van der Waals surface area contributed by atoms with Crippen LogP contribution < -0.4 is 11.5 Å². The van der Waals surface area contributed by atoms with Gasteiger partial charge in [-0.15, -0.1) is 0 Å². The molecule has 0 radical (unpaired) electrons. The maximum absolute atomic E-state index is 5.72. The number of nitrogens with two attached hydrogens (primary N) is 2. The molecule has 1 aliphatic rings. The van der Waals surface area contributed by atoms with Crippen LogP contribution >= 0.6 is 0 Å². The van der Waals surface area contributed by atoms with Crippen molar-refractivity contribution in [3.05, 3.63) is 0 Å². The first-order valence-electron chi connectivity index (χ1n) is 3.75. The Labute approximate surface area is 56.6 Å². The molecule has 2 heteroatoms. The summed E-state index contributed by atoms with van der Waals surface area (Å²) in [6.45, 7) is 2.20. The summed E-state index contributed by atoms with van der Waals surface area (Å²) in [5.41, 5.74) is 11.4. The standard InChI is InChI=1S/C7H16N2/c1-2-5-3-6(8)7(9)4-5/h5-7H,2-4,8-9H2,1H3/t5?,6-,7+. The molecule has 2 nitrogen and oxygen atoms in total. The molecule has 0 aromatic carbocycles. The van der Waals surface area contributed by atoms with Gasteiger partial charge in [-0.2, -0.15) is 0 Å². The Hall–Kier alpha value is -0.0800. The Kier molecular flexibility index (Phi) is 2.09. The monoisotopic (exact) mass is 128 g/mol. The Balaban J connectivity index is 2.35. The fraction of sp³-hybridized carbons (Fsp3) is 1.00. The average molecular weight is 128 g/mol. The predicted octanol–water partition coefficient (Wildman–Crippen LogP) is 0.461. The van der Waals surface area contributed by atoms with Crippen LogP contribution in [0, 0.1) is 5.92 Å². The molecule has 0 amide bonds. The van der Waals surface area contributed by atoms with Crippen molar-refractivity contribution < 1.29 is 0 Å². The summed E-state index contributed by atoms with van der Waals surface area (Å²) in [4.78, 5) is 0. The lowest BCUT2D eigenvalue weighted by atomic mass is 10.1. The van der Waals surface area contributed by atoms with Crippen LogP contribution in [0.15, 0.2) is 0 Å². The van der Waals surface area contributed by atoms with Crippen molar-refractivity contribution in [3.63, 3.8) is 0 Å². The van der Waals surface area contributed by atoms with Crippen molar-refractivity contribution in [3.8, 4) is 0 Å². The molecule has 0 bridgehead atoms. The third-order valence-corrected chi connectivity index (χ3v) is 2.34. The Morgan fingerprint density at radius 3 is 1.89 bits per heavy atom. The Morgan fingerprint density at radius 2 is 1.67 bits per heavy atom. The molecular weight excluding hydrogens is 112 g/mol. The lowest BCUT2D eigenvalue weighted by Crippen LogP contribution is -2.35. The zero-order valence-corrected chi connectivity index (χ0v) is 6.01. The van der Waals surface area contributed by atoms with E-state index in [9.17, 15) is 0 Å². The molecule has 3 atom stereocenters. The molecular formula is C7H16N2. The number of hydrogen-bond acceptors (Lipinski definition) is 2. The molecule has 0 heterocycles. The van der Waals surface area contributed by atoms with Gasteiger partial charge in [0.2, 0.25) is 0 Å². The highest BCUT2D eigenvalue weighted by atomic mass is 14.8. The predicted molar refractivity (Wildman–Crippen MR) is 39.0 cm³/mol. The highest BCUT2D eigenvalue weighted by Gasteiger charge is 2.27. The van der Waals surface area contributed by atoms with Gasteiger partial charge in [0.25, 0.3) is 0 Å². The maximum Gasteiger partial charge on any atom is 0.0195 e. The van der Waals surface area contributed by atoms with Crippen molar-refractivity contribution in [1.29, 1.82) is 0 Å². The van der Waals surface area contributed by atoms with Crippen LogP contribution in [0.25, 0.3) is 0 Å². The molecule has 0 saturated heterocycles. The van der Waals surface area contributed by atoms with E-state index in [4.69, 9.17) is 11.5 Å². The number of rotatable bonds is 1. The van der Waals surface area contributed by atoms with Crippen molar-refractivity contribution in [1.82, 2.24) is 0 Å². The van der Waals surface area contributed by atoms with Crippen molar-refractivity contribution in [2.45, 2.75) is 38.3 Å². The second-order valence-electron chi connectivity index (χ2n) is 3.07. The topological polar surface area (TPSA) is 52.0 Å². The largest absolute Gasteiger partial charge is 0.326 e. The fourth-order valence-corrected chi connectivity index (χ4v) is 1.55. The summed E-state index contributed by atoms with van der Waals surface area (Å²) in [5, 5.41) is 0. The quantitative estimate of drug-likeness (QED) is 0.539. The smallest absolute Gasteiger partial charge is 0.0195 e. The first-order valence-corrected chi connectivity index (χ1v) is 3.75. The second kappa shape index (κ2) is 2.67.